The molecule has 0 atom stereocenters. The number of benzene rings is 3. The molecule has 0 amide bonds. The lowest BCUT2D eigenvalue weighted by molar-refractivity contribution is 1.05. The molecule has 0 radical (unpaired) electrons. The fraction of sp³-hybridized carbons (Fsp3) is 0.0400. The van der Waals surface area contributed by atoms with Gasteiger partial charge in [-0.3, -0.25) is 20.1 Å². The third kappa shape index (κ3) is 3.34. The van der Waals surface area contributed by atoms with E-state index in [1.165, 1.54) is 0 Å². The van der Waals surface area contributed by atoms with Gasteiger partial charge in [0, 0.05) is 22.7 Å². The lowest BCUT2D eigenvalue weighted by Gasteiger charge is -2.13. The molecule has 0 spiro atoms. The van der Waals surface area contributed by atoms with Crippen molar-refractivity contribution >= 4 is 33.4 Å². The standard InChI is InChI=1S/C25H19N7O/c1-14-11-22(31-29-14)27-23-16-9-5-6-10-20(16)26-24(28-23)18-12-19-21(30-32-25(19)33)13-17(18)15-7-3-2-4-8-15/h2-13H,1H3,(H2,30,32,33)(H2,26,27,28,29,31). The van der Waals surface area contributed by atoms with E-state index in [9.17, 15) is 4.79 Å². The normalized spacial score (nSPS) is 11.3. The quantitative estimate of drug-likeness (QED) is 0.315. The minimum Gasteiger partial charge on any atom is -0.323 e. The van der Waals surface area contributed by atoms with E-state index < -0.39 is 0 Å². The Morgan fingerprint density at radius 2 is 1.64 bits per heavy atom. The molecular weight excluding hydrogens is 414 g/mol. The molecule has 160 valence electrons. The highest BCUT2D eigenvalue weighted by molar-refractivity contribution is 5.96. The van der Waals surface area contributed by atoms with Gasteiger partial charge in [-0.15, -0.1) is 0 Å². The Morgan fingerprint density at radius 3 is 2.45 bits per heavy atom. The van der Waals surface area contributed by atoms with Crippen LogP contribution in [0.25, 0.3) is 44.3 Å². The molecule has 0 fully saturated rings. The molecule has 33 heavy (non-hydrogen) atoms. The number of aromatic amines is 3. The van der Waals surface area contributed by atoms with Gasteiger partial charge in [0.25, 0.3) is 5.56 Å². The van der Waals surface area contributed by atoms with Gasteiger partial charge in [-0.2, -0.15) is 5.10 Å². The predicted molar refractivity (Wildman–Crippen MR) is 129 cm³/mol. The predicted octanol–water partition coefficient (Wildman–Crippen LogP) is 4.91. The van der Waals surface area contributed by atoms with Crippen LogP contribution in [0, 0.1) is 6.92 Å². The number of hydrogen-bond donors (Lipinski definition) is 4. The third-order valence-electron chi connectivity index (χ3n) is 5.59. The first kappa shape index (κ1) is 19.0. The largest absolute Gasteiger partial charge is 0.323 e. The molecule has 0 aliphatic carbocycles. The first-order valence-electron chi connectivity index (χ1n) is 10.5. The van der Waals surface area contributed by atoms with Crippen LogP contribution in [0.2, 0.25) is 0 Å². The van der Waals surface area contributed by atoms with E-state index in [0.717, 1.165) is 38.8 Å². The van der Waals surface area contributed by atoms with Crippen molar-refractivity contribution < 1.29 is 0 Å². The number of aromatic nitrogens is 6. The molecule has 8 nitrogen and oxygen atoms in total. The topological polar surface area (TPSA) is 115 Å². The Bertz CT molecular complexity index is 1680. The molecule has 6 rings (SSSR count). The Kier molecular flexibility index (Phi) is 4.29. The zero-order valence-corrected chi connectivity index (χ0v) is 17.7. The molecule has 6 aromatic rings. The maximum absolute atomic E-state index is 12.4. The van der Waals surface area contributed by atoms with E-state index in [0.29, 0.717) is 22.8 Å². The molecule has 0 aliphatic rings. The van der Waals surface area contributed by atoms with Gasteiger partial charge < -0.3 is 5.32 Å². The third-order valence-corrected chi connectivity index (χ3v) is 5.59. The second-order valence-electron chi connectivity index (χ2n) is 7.86. The molecule has 4 N–H and O–H groups in total. The van der Waals surface area contributed by atoms with Crippen molar-refractivity contribution in [3.05, 3.63) is 88.8 Å². The van der Waals surface area contributed by atoms with E-state index in [-0.39, 0.29) is 5.56 Å². The molecule has 3 aromatic carbocycles. The van der Waals surface area contributed by atoms with Crippen LogP contribution >= 0.6 is 0 Å². The van der Waals surface area contributed by atoms with Crippen LogP contribution < -0.4 is 10.9 Å². The zero-order valence-electron chi connectivity index (χ0n) is 17.7. The Hall–Kier alpha value is -4.72. The molecule has 0 aliphatic heterocycles. The van der Waals surface area contributed by atoms with Crippen LogP contribution in [-0.4, -0.2) is 30.4 Å². The fourth-order valence-corrected chi connectivity index (χ4v) is 4.02. The summed E-state index contributed by atoms with van der Waals surface area (Å²) in [6.45, 7) is 1.94. The Labute approximate surface area is 187 Å². The van der Waals surface area contributed by atoms with Crippen molar-refractivity contribution in [3.8, 4) is 22.5 Å². The van der Waals surface area contributed by atoms with Crippen molar-refractivity contribution in [2.75, 3.05) is 5.32 Å². The average molecular weight is 433 g/mol. The number of nitrogens with one attached hydrogen (secondary N) is 4. The van der Waals surface area contributed by atoms with Crippen molar-refractivity contribution in [1.82, 2.24) is 30.4 Å². The number of para-hydroxylation sites is 1. The molecule has 0 bridgehead atoms. The summed E-state index contributed by atoms with van der Waals surface area (Å²) in [4.78, 5) is 22.1. The van der Waals surface area contributed by atoms with Crippen LogP contribution in [0.15, 0.2) is 77.6 Å². The van der Waals surface area contributed by atoms with Gasteiger partial charge in [0.2, 0.25) is 0 Å². The summed E-state index contributed by atoms with van der Waals surface area (Å²) in [5.74, 6) is 1.83. The van der Waals surface area contributed by atoms with Gasteiger partial charge in [0.05, 0.1) is 16.4 Å². The van der Waals surface area contributed by atoms with Gasteiger partial charge in [-0.25, -0.2) is 9.97 Å². The number of fused-ring (bicyclic) bond motifs is 2. The molecule has 0 saturated heterocycles. The van der Waals surface area contributed by atoms with E-state index in [1.54, 1.807) is 0 Å². The highest BCUT2D eigenvalue weighted by Crippen LogP contribution is 2.35. The number of H-pyrrole nitrogens is 3. The second kappa shape index (κ2) is 7.45. The molecule has 3 heterocycles. The molecule has 0 saturated carbocycles. The summed E-state index contributed by atoms with van der Waals surface area (Å²) in [6, 6.07) is 23.5. The first-order valence-corrected chi connectivity index (χ1v) is 10.5. The lowest BCUT2D eigenvalue weighted by Crippen LogP contribution is -2.02. The van der Waals surface area contributed by atoms with Crippen LogP contribution in [0.1, 0.15) is 5.69 Å². The van der Waals surface area contributed by atoms with Crippen molar-refractivity contribution in [2.24, 2.45) is 0 Å². The number of aryl methyl sites for hydroxylation is 1. The zero-order chi connectivity index (χ0) is 22.4. The number of nitrogens with zero attached hydrogens (tertiary/aromatic N) is 3. The SMILES string of the molecule is Cc1cc(Nc2nc(-c3cc4c(=O)[nH][nH]c4cc3-c3ccccc3)nc3ccccc23)n[nH]1. The van der Waals surface area contributed by atoms with Gasteiger partial charge in [0.1, 0.15) is 5.82 Å². The summed E-state index contributed by atoms with van der Waals surface area (Å²) < 4.78 is 0. The van der Waals surface area contributed by atoms with E-state index in [4.69, 9.17) is 9.97 Å². The van der Waals surface area contributed by atoms with Crippen LogP contribution in [0.4, 0.5) is 11.6 Å². The summed E-state index contributed by atoms with van der Waals surface area (Å²) in [7, 11) is 0. The van der Waals surface area contributed by atoms with E-state index in [1.807, 2.05) is 79.7 Å². The maximum atomic E-state index is 12.4. The molecule has 0 unspecified atom stereocenters. The lowest BCUT2D eigenvalue weighted by atomic mass is 9.97. The maximum Gasteiger partial charge on any atom is 0.271 e. The van der Waals surface area contributed by atoms with E-state index >= 15 is 0 Å². The summed E-state index contributed by atoms with van der Waals surface area (Å²) in [5.41, 5.74) is 4.98. The van der Waals surface area contributed by atoms with Gasteiger partial charge in [-0.1, -0.05) is 42.5 Å². The van der Waals surface area contributed by atoms with E-state index in [2.05, 4.69) is 25.7 Å². The van der Waals surface area contributed by atoms with Crippen LogP contribution in [0.3, 0.4) is 0 Å². The molecule has 3 aromatic heterocycles. The molecular formula is C25H19N7O. The number of anilines is 2. The fourth-order valence-electron chi connectivity index (χ4n) is 4.02. The number of rotatable bonds is 4. The number of hydrogen-bond acceptors (Lipinski definition) is 5. The minimum atomic E-state index is -0.183. The molecule has 8 heteroatoms. The first-order chi connectivity index (χ1) is 16.2. The summed E-state index contributed by atoms with van der Waals surface area (Å²) in [5, 5.41) is 17.6. The summed E-state index contributed by atoms with van der Waals surface area (Å²) in [6.07, 6.45) is 0. The van der Waals surface area contributed by atoms with Crippen LogP contribution in [-0.2, 0) is 0 Å². The van der Waals surface area contributed by atoms with Gasteiger partial charge in [0.15, 0.2) is 11.6 Å². The monoisotopic (exact) mass is 433 g/mol. The Morgan fingerprint density at radius 1 is 0.818 bits per heavy atom. The van der Waals surface area contributed by atoms with Gasteiger partial charge in [-0.05, 0) is 42.3 Å². The van der Waals surface area contributed by atoms with Crippen molar-refractivity contribution in [2.45, 2.75) is 6.92 Å². The van der Waals surface area contributed by atoms with Crippen molar-refractivity contribution in [3.63, 3.8) is 0 Å². The highest BCUT2D eigenvalue weighted by atomic mass is 16.1. The van der Waals surface area contributed by atoms with Crippen LogP contribution in [0.5, 0.6) is 0 Å². The summed E-state index contributed by atoms with van der Waals surface area (Å²) >= 11 is 0. The highest BCUT2D eigenvalue weighted by Gasteiger charge is 2.17. The minimum absolute atomic E-state index is 0.183. The second-order valence-corrected chi connectivity index (χ2v) is 7.86. The smallest absolute Gasteiger partial charge is 0.271 e. The average Bonchev–Trinajstić information content (AvgIpc) is 3.43. The van der Waals surface area contributed by atoms with Crippen molar-refractivity contribution in [1.29, 1.82) is 0 Å². The van der Waals surface area contributed by atoms with Gasteiger partial charge >= 0.3 is 0 Å². The Balaban J connectivity index is 1.62.